The zero-order valence-electron chi connectivity index (χ0n) is 7.61. The Balaban J connectivity index is 0.000000750. The third-order valence-corrected chi connectivity index (χ3v) is 3.48. The van der Waals surface area contributed by atoms with Gasteiger partial charge in [-0.3, -0.25) is 0 Å². The molecule has 2 heterocycles. The lowest BCUT2D eigenvalue weighted by Crippen LogP contribution is -3.00. The van der Waals surface area contributed by atoms with Gasteiger partial charge in [0, 0.05) is 11.5 Å². The molecule has 72 valence electrons. The number of para-hydroxylation sites is 1. The van der Waals surface area contributed by atoms with Crippen LogP contribution in [0.15, 0.2) is 41.4 Å². The predicted octanol–water partition coefficient (Wildman–Crippen LogP) is -0.763. The van der Waals surface area contributed by atoms with Gasteiger partial charge in [0.05, 0.1) is 10.6 Å². The summed E-state index contributed by atoms with van der Waals surface area (Å²) in [7, 11) is 0. The topological polar surface area (TPSA) is 3.88 Å². The molecular weight excluding hydrogens is 258 g/mol. The summed E-state index contributed by atoms with van der Waals surface area (Å²) < 4.78 is 2.35. The largest absolute Gasteiger partial charge is 1.00 e. The second-order valence-corrected chi connectivity index (χ2v) is 4.38. The van der Waals surface area contributed by atoms with Gasteiger partial charge in [-0.25, -0.2) is 0 Å². The van der Waals surface area contributed by atoms with Gasteiger partial charge in [-0.2, -0.15) is 4.57 Å². The summed E-state index contributed by atoms with van der Waals surface area (Å²) in [5, 5.41) is 1.35. The molecule has 0 atom stereocenters. The van der Waals surface area contributed by atoms with E-state index >= 15 is 0 Å². The van der Waals surface area contributed by atoms with E-state index in [4.69, 9.17) is 0 Å². The first kappa shape index (κ1) is 9.99. The fourth-order valence-electron chi connectivity index (χ4n) is 1.86. The van der Waals surface area contributed by atoms with Crippen molar-refractivity contribution in [3.05, 3.63) is 36.5 Å². The maximum absolute atomic E-state index is 2.35. The average molecular weight is 268 g/mol. The summed E-state index contributed by atoms with van der Waals surface area (Å²) in [6, 6.07) is 10.8. The Kier molecular flexibility index (Phi) is 2.79. The number of hydrogen-bond acceptors (Lipinski definition) is 1. The molecule has 0 aliphatic carbocycles. The van der Waals surface area contributed by atoms with Crippen LogP contribution in [0, 0.1) is 0 Å². The van der Waals surface area contributed by atoms with Crippen molar-refractivity contribution in [2.45, 2.75) is 11.4 Å². The van der Waals surface area contributed by atoms with Gasteiger partial charge in [-0.15, -0.1) is 11.8 Å². The maximum atomic E-state index is 2.35. The third kappa shape index (κ3) is 1.44. The molecule has 1 aromatic carbocycles. The molecule has 1 aromatic heterocycles. The molecule has 2 aromatic rings. The van der Waals surface area contributed by atoms with Crippen molar-refractivity contribution >= 4 is 22.7 Å². The lowest BCUT2D eigenvalue weighted by atomic mass is 10.2. The van der Waals surface area contributed by atoms with Gasteiger partial charge in [0.2, 0.25) is 5.52 Å². The van der Waals surface area contributed by atoms with Crippen LogP contribution in [0.1, 0.15) is 0 Å². The molecular formula is C11H10BrNS. The van der Waals surface area contributed by atoms with Gasteiger partial charge < -0.3 is 17.0 Å². The van der Waals surface area contributed by atoms with Gasteiger partial charge in [0.1, 0.15) is 0 Å². The van der Waals surface area contributed by atoms with Crippen LogP contribution in [-0.2, 0) is 6.54 Å². The zero-order valence-corrected chi connectivity index (χ0v) is 10.0. The van der Waals surface area contributed by atoms with E-state index in [1.165, 1.54) is 21.6 Å². The van der Waals surface area contributed by atoms with Crippen LogP contribution in [0.5, 0.6) is 0 Å². The average Bonchev–Trinajstić information content (AvgIpc) is 2.19. The van der Waals surface area contributed by atoms with Crippen molar-refractivity contribution in [1.82, 2.24) is 0 Å². The molecule has 1 aliphatic rings. The standard InChI is InChI=1S/C11H10NS.BrH/c1-3-9-4-2-6-12-7-8-13-10(5-1)11(9)12;/h1-6H,7-8H2;1H/q+1;/p-1. The molecule has 0 bridgehead atoms. The quantitative estimate of drug-likeness (QED) is 0.568. The second-order valence-electron chi connectivity index (χ2n) is 3.24. The first-order valence-electron chi connectivity index (χ1n) is 4.49. The van der Waals surface area contributed by atoms with E-state index in [2.05, 4.69) is 41.1 Å². The number of aryl methyl sites for hydroxylation is 1. The molecule has 0 saturated carbocycles. The van der Waals surface area contributed by atoms with Gasteiger partial charge >= 0.3 is 0 Å². The summed E-state index contributed by atoms with van der Waals surface area (Å²) in [5.74, 6) is 1.20. The van der Waals surface area contributed by atoms with E-state index < -0.39 is 0 Å². The summed E-state index contributed by atoms with van der Waals surface area (Å²) >= 11 is 1.96. The number of halogens is 1. The van der Waals surface area contributed by atoms with E-state index in [1.807, 2.05) is 11.8 Å². The highest BCUT2D eigenvalue weighted by molar-refractivity contribution is 7.99. The normalized spacial score (nSPS) is 13.7. The van der Waals surface area contributed by atoms with Crippen molar-refractivity contribution in [2.24, 2.45) is 0 Å². The highest BCUT2D eigenvalue weighted by Crippen LogP contribution is 2.27. The monoisotopic (exact) mass is 267 g/mol. The smallest absolute Gasteiger partial charge is 0.226 e. The molecule has 3 rings (SSSR count). The molecule has 14 heavy (non-hydrogen) atoms. The molecule has 0 unspecified atom stereocenters. The predicted molar refractivity (Wildman–Crippen MR) is 54.9 cm³/mol. The number of thioether (sulfide) groups is 1. The van der Waals surface area contributed by atoms with E-state index in [0.29, 0.717) is 0 Å². The molecule has 3 heteroatoms. The molecule has 0 fully saturated rings. The molecule has 0 N–H and O–H groups in total. The first-order chi connectivity index (χ1) is 6.45. The number of benzene rings is 1. The Bertz CT molecular complexity index is 431. The van der Waals surface area contributed by atoms with E-state index in [-0.39, 0.29) is 17.0 Å². The summed E-state index contributed by atoms with van der Waals surface area (Å²) in [6.45, 7) is 1.14. The van der Waals surface area contributed by atoms with Crippen LogP contribution in [0.25, 0.3) is 10.9 Å². The number of rotatable bonds is 0. The Hall–Kier alpha value is -0.540. The maximum Gasteiger partial charge on any atom is 0.226 e. The Morgan fingerprint density at radius 1 is 1.14 bits per heavy atom. The molecule has 0 amide bonds. The van der Waals surface area contributed by atoms with Crippen molar-refractivity contribution in [2.75, 3.05) is 5.75 Å². The molecule has 0 radical (unpaired) electrons. The van der Waals surface area contributed by atoms with Gasteiger partial charge in [0.15, 0.2) is 12.7 Å². The van der Waals surface area contributed by atoms with Crippen LogP contribution in [0.2, 0.25) is 0 Å². The Morgan fingerprint density at radius 2 is 2.00 bits per heavy atom. The summed E-state index contributed by atoms with van der Waals surface area (Å²) in [5.41, 5.74) is 1.40. The van der Waals surface area contributed by atoms with Crippen molar-refractivity contribution in [3.8, 4) is 0 Å². The van der Waals surface area contributed by atoms with Crippen LogP contribution in [0.3, 0.4) is 0 Å². The fraction of sp³-hybridized carbons (Fsp3) is 0.182. The van der Waals surface area contributed by atoms with Gasteiger partial charge in [-0.05, 0) is 18.2 Å². The Labute approximate surface area is 97.9 Å². The number of nitrogens with zero attached hydrogens (tertiary/aromatic N) is 1. The third-order valence-electron chi connectivity index (χ3n) is 2.45. The lowest BCUT2D eigenvalue weighted by Gasteiger charge is -2.10. The lowest BCUT2D eigenvalue weighted by molar-refractivity contribution is -0.668. The SMILES string of the molecule is [Br-].c1cc2c3c(c1)ccc[n+]3CCS2. The molecule has 0 spiro atoms. The van der Waals surface area contributed by atoms with E-state index in [0.717, 1.165) is 6.54 Å². The minimum atomic E-state index is 0. The number of pyridine rings is 1. The minimum absolute atomic E-state index is 0. The minimum Gasteiger partial charge on any atom is -1.00 e. The highest BCUT2D eigenvalue weighted by atomic mass is 79.9. The fourth-order valence-corrected chi connectivity index (χ4v) is 2.92. The van der Waals surface area contributed by atoms with Crippen LogP contribution >= 0.6 is 11.8 Å². The van der Waals surface area contributed by atoms with Crippen molar-refractivity contribution < 1.29 is 21.5 Å². The highest BCUT2D eigenvalue weighted by Gasteiger charge is 2.17. The van der Waals surface area contributed by atoms with Crippen LogP contribution in [-0.4, -0.2) is 5.75 Å². The molecule has 1 nitrogen and oxygen atoms in total. The van der Waals surface area contributed by atoms with Crippen molar-refractivity contribution in [3.63, 3.8) is 0 Å². The molecule has 0 saturated heterocycles. The zero-order chi connectivity index (χ0) is 8.67. The summed E-state index contributed by atoms with van der Waals surface area (Å²) in [6.07, 6.45) is 2.17. The van der Waals surface area contributed by atoms with Crippen molar-refractivity contribution in [1.29, 1.82) is 0 Å². The first-order valence-corrected chi connectivity index (χ1v) is 5.48. The number of aromatic nitrogens is 1. The van der Waals surface area contributed by atoms with E-state index in [9.17, 15) is 0 Å². The van der Waals surface area contributed by atoms with Crippen LogP contribution in [0.4, 0.5) is 0 Å². The van der Waals surface area contributed by atoms with Gasteiger partial charge in [0.25, 0.3) is 0 Å². The second kappa shape index (κ2) is 3.91. The Morgan fingerprint density at radius 3 is 2.93 bits per heavy atom. The van der Waals surface area contributed by atoms with Crippen LogP contribution < -0.4 is 21.5 Å². The van der Waals surface area contributed by atoms with E-state index in [1.54, 1.807) is 0 Å². The van der Waals surface area contributed by atoms with Gasteiger partial charge in [-0.1, -0.05) is 6.07 Å². The molecule has 1 aliphatic heterocycles. The number of hydrogen-bond donors (Lipinski definition) is 0. The summed E-state index contributed by atoms with van der Waals surface area (Å²) in [4.78, 5) is 1.42.